The van der Waals surface area contributed by atoms with Gasteiger partial charge in [0.15, 0.2) is 11.9 Å². The van der Waals surface area contributed by atoms with E-state index in [2.05, 4.69) is 14.8 Å². The summed E-state index contributed by atoms with van der Waals surface area (Å²) in [4.78, 5) is 79.4. The van der Waals surface area contributed by atoms with Gasteiger partial charge in [0.25, 0.3) is 0 Å². The Labute approximate surface area is 373 Å². The number of carbonyl (C=O) groups excluding carboxylic acids is 5. The Morgan fingerprint density at radius 3 is 2.33 bits per heavy atom. The third-order valence-corrected chi connectivity index (χ3v) is 16.3. The number of ketones is 1. The molecule has 0 radical (unpaired) electrons. The lowest BCUT2D eigenvalue weighted by molar-refractivity contribution is -0.228. The predicted octanol–water partition coefficient (Wildman–Crippen LogP) is 4.03. The summed E-state index contributed by atoms with van der Waals surface area (Å²) in [6.45, 7) is 11.3. The highest BCUT2D eigenvalue weighted by molar-refractivity contribution is 6.02. The van der Waals surface area contributed by atoms with Crippen LogP contribution in [0.4, 0.5) is 5.69 Å². The third kappa shape index (κ3) is 5.75. The number of H-pyrrole nitrogens is 1. The summed E-state index contributed by atoms with van der Waals surface area (Å²) in [6, 6.07) is 5.67. The van der Waals surface area contributed by atoms with Crippen LogP contribution in [-0.4, -0.2) is 139 Å². The minimum atomic E-state index is -2.57. The van der Waals surface area contributed by atoms with Crippen molar-refractivity contribution in [2.45, 2.75) is 113 Å². The Kier molecular flexibility index (Phi) is 10.5. The SMILES string of the molecule is CC[C@]1(O)C[C@H]2CN(CCc3c([nH]c4cc(C(C)=O)c(C)cc34)[C@@](C(=O)OC)(c3cc4c(cc3OC)N(C=O)C3[C@]45CCN4CC=C[C@@](CC)([C@@H](OC(C)=O)[C@]3(O)C(=O)OC)[C@H]45)C2)C1. The minimum absolute atomic E-state index is 0.0903. The van der Waals surface area contributed by atoms with E-state index in [-0.39, 0.29) is 23.9 Å². The maximum absolute atomic E-state index is 15.5. The average Bonchev–Trinajstić information content (AvgIpc) is 3.94. The van der Waals surface area contributed by atoms with Crippen LogP contribution in [0.1, 0.15) is 98.1 Å². The second-order valence-corrected chi connectivity index (χ2v) is 19.3. The summed E-state index contributed by atoms with van der Waals surface area (Å²) in [5, 5.41) is 26.3. The fraction of sp³-hybridized carbons (Fsp3) is 0.571. The topological polar surface area (TPSA) is 188 Å². The number of esters is 3. The molecule has 1 amide bonds. The molecule has 3 N–H and O–H groups in total. The van der Waals surface area contributed by atoms with Crippen molar-refractivity contribution in [3.05, 3.63) is 69.9 Å². The number of rotatable bonds is 9. The zero-order valence-electron chi connectivity index (χ0n) is 38.0. The van der Waals surface area contributed by atoms with E-state index in [1.807, 2.05) is 51.1 Å². The molecule has 3 fully saturated rings. The first-order chi connectivity index (χ1) is 30.5. The minimum Gasteiger partial charge on any atom is -0.496 e. The molecule has 1 saturated carbocycles. The van der Waals surface area contributed by atoms with Gasteiger partial charge in [0.2, 0.25) is 12.0 Å². The molecule has 15 nitrogen and oxygen atoms in total. The number of anilines is 1. The second kappa shape index (κ2) is 15.2. The van der Waals surface area contributed by atoms with Crippen molar-refractivity contribution < 1.29 is 53.1 Å². The maximum Gasteiger partial charge on any atom is 0.344 e. The van der Waals surface area contributed by atoms with E-state index in [0.717, 1.165) is 23.6 Å². The van der Waals surface area contributed by atoms with Crippen LogP contribution in [-0.2, 0) is 50.6 Å². The summed E-state index contributed by atoms with van der Waals surface area (Å²) in [7, 11) is 4.02. The molecule has 64 heavy (non-hydrogen) atoms. The van der Waals surface area contributed by atoms with E-state index >= 15 is 4.79 Å². The third-order valence-electron chi connectivity index (χ3n) is 16.3. The van der Waals surface area contributed by atoms with Gasteiger partial charge in [-0.05, 0) is 99.7 Å². The van der Waals surface area contributed by atoms with Gasteiger partial charge in [-0.15, -0.1) is 0 Å². The standard InChI is InChI=1S/C49H60N4O11/c1-9-45(59)22-30-23-48(43(57)62-7,39-31(12-16-51(24-30)25-45)33-18-27(3)32(28(4)55)19-36(33)50-39)35-20-34-37(21-38(35)61-6)53(26-54)41-47(34)14-17-52-15-11-13-46(10-2,40(47)52)42(64-29(5)56)49(41,60)44(58)63-8/h11,13,18-21,26,30,40-42,50,59-60H,9-10,12,14-17,22-25H2,1-8H3/t30-,40+,41?,42-,45+,46-,47-,48+,49+/m1/s1. The van der Waals surface area contributed by atoms with Gasteiger partial charge in [-0.2, -0.15) is 0 Å². The summed E-state index contributed by atoms with van der Waals surface area (Å²) in [6.07, 6.45) is 5.45. The van der Waals surface area contributed by atoms with Crippen LogP contribution in [0, 0.1) is 18.3 Å². The molecule has 15 heteroatoms. The molecular weight excluding hydrogens is 821 g/mol. The summed E-state index contributed by atoms with van der Waals surface area (Å²) in [5.74, 6) is -2.37. The molecule has 342 valence electrons. The smallest absolute Gasteiger partial charge is 0.344 e. The number of aromatic amines is 1. The molecule has 10 atom stereocenters. The van der Waals surface area contributed by atoms with Gasteiger partial charge in [0, 0.05) is 83.8 Å². The molecule has 2 saturated heterocycles. The van der Waals surface area contributed by atoms with Crippen LogP contribution < -0.4 is 9.64 Å². The first kappa shape index (κ1) is 44.1. The Balaban J connectivity index is 1.39. The number of aryl methyl sites for hydroxylation is 1. The lowest BCUT2D eigenvalue weighted by atomic mass is 9.47. The maximum atomic E-state index is 15.5. The first-order valence-corrected chi connectivity index (χ1v) is 22.5. The molecule has 6 aliphatic rings. The fourth-order valence-corrected chi connectivity index (χ4v) is 14.0. The van der Waals surface area contributed by atoms with Crippen LogP contribution in [0.2, 0.25) is 0 Å². The zero-order chi connectivity index (χ0) is 45.9. The number of methoxy groups -OCH3 is 3. The molecule has 3 aromatic rings. The molecule has 1 aromatic heterocycles. The lowest BCUT2D eigenvalue weighted by Gasteiger charge is -2.63. The van der Waals surface area contributed by atoms with Crippen LogP contribution in [0.5, 0.6) is 5.75 Å². The van der Waals surface area contributed by atoms with Gasteiger partial charge >= 0.3 is 17.9 Å². The van der Waals surface area contributed by atoms with Crippen molar-refractivity contribution in [2.75, 3.05) is 59.0 Å². The van der Waals surface area contributed by atoms with E-state index < -0.39 is 63.5 Å². The Morgan fingerprint density at radius 1 is 0.938 bits per heavy atom. The van der Waals surface area contributed by atoms with Crippen LogP contribution >= 0.6 is 0 Å². The Hall–Kier alpha value is -5.09. The highest BCUT2D eigenvalue weighted by Crippen LogP contribution is 2.68. The summed E-state index contributed by atoms with van der Waals surface area (Å²) in [5.41, 5.74) is -2.58. The van der Waals surface area contributed by atoms with Crippen molar-refractivity contribution >= 4 is 46.7 Å². The van der Waals surface area contributed by atoms with E-state index in [1.54, 1.807) is 6.07 Å². The molecule has 1 aliphatic carbocycles. The van der Waals surface area contributed by atoms with Gasteiger partial charge in [-0.3, -0.25) is 29.0 Å². The number of Topliss-reactive ketones (excluding diaryl/α,β-unsaturated/α-hetero) is 1. The van der Waals surface area contributed by atoms with Crippen LogP contribution in [0.15, 0.2) is 36.4 Å². The number of aliphatic hydroxyl groups is 2. The molecular formula is C49H60N4O11. The molecule has 2 bridgehead atoms. The highest BCUT2D eigenvalue weighted by atomic mass is 16.6. The molecule has 6 heterocycles. The van der Waals surface area contributed by atoms with Crippen molar-refractivity contribution in [3.8, 4) is 5.75 Å². The Morgan fingerprint density at radius 2 is 1.69 bits per heavy atom. The number of nitrogens with one attached hydrogen (secondary N) is 1. The van der Waals surface area contributed by atoms with Crippen LogP contribution in [0.25, 0.3) is 10.9 Å². The molecule has 2 aromatic carbocycles. The number of aromatic nitrogens is 1. The average molecular weight is 881 g/mol. The molecule has 2 unspecified atom stereocenters. The van der Waals surface area contributed by atoms with Crippen molar-refractivity contribution in [3.63, 3.8) is 0 Å². The van der Waals surface area contributed by atoms with Gasteiger partial charge in [-0.1, -0.05) is 26.0 Å². The normalized spacial score (nSPS) is 34.9. The van der Waals surface area contributed by atoms with E-state index in [9.17, 15) is 29.4 Å². The van der Waals surface area contributed by atoms with Crippen molar-refractivity contribution in [1.82, 2.24) is 14.8 Å². The van der Waals surface area contributed by atoms with E-state index in [0.29, 0.717) is 105 Å². The molecule has 1 spiro atoms. The highest BCUT2D eigenvalue weighted by Gasteiger charge is 2.81. The predicted molar refractivity (Wildman–Crippen MR) is 235 cm³/mol. The van der Waals surface area contributed by atoms with Crippen LogP contribution in [0.3, 0.4) is 0 Å². The number of hydrogen-bond donors (Lipinski definition) is 3. The van der Waals surface area contributed by atoms with Gasteiger partial charge < -0.3 is 39.0 Å². The number of fused-ring (bicyclic) bond motifs is 6. The first-order valence-electron chi connectivity index (χ1n) is 22.5. The van der Waals surface area contributed by atoms with E-state index in [4.69, 9.17) is 18.9 Å². The van der Waals surface area contributed by atoms with Crippen molar-refractivity contribution in [1.29, 1.82) is 0 Å². The van der Waals surface area contributed by atoms with E-state index in [1.165, 1.54) is 33.0 Å². The number of ether oxygens (including phenoxy) is 4. The lowest BCUT2D eigenvalue weighted by Crippen LogP contribution is -2.81. The summed E-state index contributed by atoms with van der Waals surface area (Å²) >= 11 is 0. The number of carbonyl (C=O) groups is 5. The zero-order valence-corrected chi connectivity index (χ0v) is 38.0. The fourth-order valence-electron chi connectivity index (χ4n) is 14.0. The number of amides is 1. The van der Waals surface area contributed by atoms with Gasteiger partial charge in [0.05, 0.1) is 38.7 Å². The monoisotopic (exact) mass is 880 g/mol. The largest absolute Gasteiger partial charge is 0.496 e. The van der Waals surface area contributed by atoms with Gasteiger partial charge in [-0.25, -0.2) is 4.79 Å². The quantitative estimate of drug-likeness (QED) is 0.0921. The van der Waals surface area contributed by atoms with Crippen molar-refractivity contribution in [2.24, 2.45) is 11.3 Å². The second-order valence-electron chi connectivity index (χ2n) is 19.3. The number of benzene rings is 2. The Bertz CT molecular complexity index is 2520. The molecule has 5 aliphatic heterocycles. The number of hydrogen-bond acceptors (Lipinski definition) is 13. The van der Waals surface area contributed by atoms with Gasteiger partial charge in [0.1, 0.15) is 11.2 Å². The number of piperidine rings is 1. The molecule has 9 rings (SSSR count). The number of nitrogens with zero attached hydrogens (tertiary/aromatic N) is 3. The summed E-state index contributed by atoms with van der Waals surface area (Å²) < 4.78 is 23.8.